The highest BCUT2D eigenvalue weighted by Gasteiger charge is 2.08. The maximum Gasteiger partial charge on any atom is 0.331 e. The zero-order chi connectivity index (χ0) is 10.7. The van der Waals surface area contributed by atoms with E-state index in [0.29, 0.717) is 6.61 Å². The molecule has 0 unspecified atom stereocenters. The van der Waals surface area contributed by atoms with Gasteiger partial charge in [0.1, 0.15) is 0 Å². The number of nitrogens with zero attached hydrogens (tertiary/aromatic N) is 1. The van der Waals surface area contributed by atoms with Crippen LogP contribution in [0.25, 0.3) is 0 Å². The molecule has 0 aliphatic rings. The van der Waals surface area contributed by atoms with Gasteiger partial charge in [0, 0.05) is 7.11 Å². The van der Waals surface area contributed by atoms with Gasteiger partial charge in [-0.2, -0.15) is 0 Å². The van der Waals surface area contributed by atoms with Crippen LogP contribution in [-0.4, -0.2) is 28.4 Å². The first-order valence-electron chi connectivity index (χ1n) is 4.09. The highest BCUT2D eigenvalue weighted by molar-refractivity contribution is 5.20. The number of H-pyrrole nitrogens is 1. The SMILES string of the molecule is COCCn1c(O)c(C)c(=O)[nH]c1=O. The van der Waals surface area contributed by atoms with Crippen molar-refractivity contribution in [1.82, 2.24) is 9.55 Å². The number of hydrogen-bond acceptors (Lipinski definition) is 4. The van der Waals surface area contributed by atoms with Gasteiger partial charge in [0.25, 0.3) is 5.56 Å². The zero-order valence-electron chi connectivity index (χ0n) is 8.03. The summed E-state index contributed by atoms with van der Waals surface area (Å²) in [6, 6.07) is 0. The van der Waals surface area contributed by atoms with Gasteiger partial charge in [0.05, 0.1) is 18.7 Å². The molecule has 1 rings (SSSR count). The number of methoxy groups -OCH3 is 1. The Balaban J connectivity index is 3.23. The molecule has 2 N–H and O–H groups in total. The predicted octanol–water partition coefficient (Wildman–Crippen LogP) is -0.803. The molecule has 14 heavy (non-hydrogen) atoms. The van der Waals surface area contributed by atoms with Crippen LogP contribution in [0.3, 0.4) is 0 Å². The molecule has 0 aliphatic carbocycles. The van der Waals surface area contributed by atoms with Crippen LogP contribution < -0.4 is 11.2 Å². The summed E-state index contributed by atoms with van der Waals surface area (Å²) < 4.78 is 5.82. The van der Waals surface area contributed by atoms with E-state index in [1.807, 2.05) is 0 Å². The number of hydrogen-bond donors (Lipinski definition) is 2. The highest BCUT2D eigenvalue weighted by Crippen LogP contribution is 2.06. The standard InChI is InChI=1S/C8H12N2O4/c1-5-6(11)9-8(13)10(7(5)12)3-4-14-2/h12H,3-4H2,1-2H3,(H,9,11,13). The fourth-order valence-corrected chi connectivity index (χ4v) is 1.05. The second-order valence-corrected chi connectivity index (χ2v) is 2.85. The van der Waals surface area contributed by atoms with Crippen LogP contribution in [0.15, 0.2) is 9.59 Å². The maximum absolute atomic E-state index is 11.2. The summed E-state index contributed by atoms with van der Waals surface area (Å²) in [4.78, 5) is 24.3. The molecule has 78 valence electrons. The van der Waals surface area contributed by atoms with Crippen molar-refractivity contribution in [3.05, 3.63) is 26.4 Å². The lowest BCUT2D eigenvalue weighted by Gasteiger charge is -2.08. The summed E-state index contributed by atoms with van der Waals surface area (Å²) in [5.41, 5.74) is -1.07. The average molecular weight is 200 g/mol. The average Bonchev–Trinajstić information content (AvgIpc) is 2.14. The van der Waals surface area contributed by atoms with Crippen LogP contribution in [0.5, 0.6) is 5.88 Å². The Labute approximate surface area is 79.8 Å². The highest BCUT2D eigenvalue weighted by atomic mass is 16.5. The Morgan fingerprint density at radius 2 is 2.14 bits per heavy atom. The first-order valence-corrected chi connectivity index (χ1v) is 4.09. The zero-order valence-corrected chi connectivity index (χ0v) is 8.03. The lowest BCUT2D eigenvalue weighted by atomic mass is 10.3. The smallest absolute Gasteiger partial charge is 0.331 e. The lowest BCUT2D eigenvalue weighted by Crippen LogP contribution is -2.32. The molecule has 1 aromatic heterocycles. The minimum atomic E-state index is -0.629. The third-order valence-electron chi connectivity index (χ3n) is 1.92. The van der Waals surface area contributed by atoms with Gasteiger partial charge in [-0.3, -0.25) is 14.3 Å². The Morgan fingerprint density at radius 3 is 2.71 bits per heavy atom. The van der Waals surface area contributed by atoms with E-state index >= 15 is 0 Å². The minimum Gasteiger partial charge on any atom is -0.494 e. The summed E-state index contributed by atoms with van der Waals surface area (Å²) in [7, 11) is 1.49. The second-order valence-electron chi connectivity index (χ2n) is 2.85. The van der Waals surface area contributed by atoms with E-state index < -0.39 is 11.2 Å². The number of aromatic nitrogens is 2. The molecule has 0 saturated carbocycles. The number of rotatable bonds is 3. The Hall–Kier alpha value is -1.56. The van der Waals surface area contributed by atoms with Crippen molar-refractivity contribution >= 4 is 0 Å². The van der Waals surface area contributed by atoms with Crippen molar-refractivity contribution in [2.45, 2.75) is 13.5 Å². The molecule has 6 nitrogen and oxygen atoms in total. The molecule has 0 saturated heterocycles. The van der Waals surface area contributed by atoms with Gasteiger partial charge in [-0.1, -0.05) is 0 Å². The maximum atomic E-state index is 11.2. The van der Waals surface area contributed by atoms with E-state index in [1.165, 1.54) is 14.0 Å². The van der Waals surface area contributed by atoms with Crippen LogP contribution >= 0.6 is 0 Å². The molecule has 0 spiro atoms. The van der Waals surface area contributed by atoms with Crippen LogP contribution in [-0.2, 0) is 11.3 Å². The van der Waals surface area contributed by atoms with Gasteiger partial charge < -0.3 is 9.84 Å². The van der Waals surface area contributed by atoms with E-state index in [-0.39, 0.29) is 18.0 Å². The van der Waals surface area contributed by atoms with Crippen LogP contribution in [0.2, 0.25) is 0 Å². The van der Waals surface area contributed by atoms with Crippen molar-refractivity contribution in [3.8, 4) is 5.88 Å². The van der Waals surface area contributed by atoms with Crippen molar-refractivity contribution in [2.24, 2.45) is 0 Å². The first kappa shape index (κ1) is 10.5. The number of aromatic hydroxyl groups is 1. The molecule has 1 aromatic rings. The van der Waals surface area contributed by atoms with Gasteiger partial charge in [-0.05, 0) is 6.92 Å². The van der Waals surface area contributed by atoms with E-state index in [2.05, 4.69) is 4.98 Å². The molecule has 6 heteroatoms. The summed E-state index contributed by atoms with van der Waals surface area (Å²) >= 11 is 0. The Bertz CT molecular complexity index is 432. The number of aromatic amines is 1. The van der Waals surface area contributed by atoms with Gasteiger partial charge in [-0.15, -0.1) is 0 Å². The molecule has 1 heterocycles. The first-order chi connectivity index (χ1) is 6.57. The molecular formula is C8H12N2O4. The normalized spacial score (nSPS) is 10.4. The molecule has 0 bridgehead atoms. The van der Waals surface area contributed by atoms with Gasteiger partial charge in [0.15, 0.2) is 0 Å². The summed E-state index contributed by atoms with van der Waals surface area (Å²) in [6.45, 7) is 1.94. The van der Waals surface area contributed by atoms with E-state index in [9.17, 15) is 14.7 Å². The fraction of sp³-hybridized carbons (Fsp3) is 0.500. The second kappa shape index (κ2) is 4.10. The predicted molar refractivity (Wildman–Crippen MR) is 49.6 cm³/mol. The Morgan fingerprint density at radius 1 is 1.50 bits per heavy atom. The van der Waals surface area contributed by atoms with Crippen LogP contribution in [0, 0.1) is 6.92 Å². The Kier molecular flexibility index (Phi) is 3.08. The molecule has 0 aliphatic heterocycles. The summed E-state index contributed by atoms with van der Waals surface area (Å²) in [5, 5.41) is 9.47. The number of nitrogens with one attached hydrogen (secondary N) is 1. The van der Waals surface area contributed by atoms with E-state index in [4.69, 9.17) is 4.74 Å². The van der Waals surface area contributed by atoms with Gasteiger partial charge in [-0.25, -0.2) is 4.79 Å². The molecule has 0 radical (unpaired) electrons. The largest absolute Gasteiger partial charge is 0.494 e. The lowest BCUT2D eigenvalue weighted by molar-refractivity contribution is 0.181. The van der Waals surface area contributed by atoms with Crippen molar-refractivity contribution < 1.29 is 9.84 Å². The van der Waals surface area contributed by atoms with Gasteiger partial charge >= 0.3 is 5.69 Å². The van der Waals surface area contributed by atoms with Crippen LogP contribution in [0.1, 0.15) is 5.56 Å². The summed E-state index contributed by atoms with van der Waals surface area (Å²) in [5.74, 6) is -0.309. The third kappa shape index (κ3) is 1.85. The topological polar surface area (TPSA) is 84.3 Å². The van der Waals surface area contributed by atoms with Crippen molar-refractivity contribution in [1.29, 1.82) is 0 Å². The van der Waals surface area contributed by atoms with E-state index in [1.54, 1.807) is 0 Å². The number of ether oxygens (including phenoxy) is 1. The van der Waals surface area contributed by atoms with Crippen LogP contribution in [0.4, 0.5) is 0 Å². The molecule has 0 aromatic carbocycles. The molecular weight excluding hydrogens is 188 g/mol. The quantitative estimate of drug-likeness (QED) is 0.668. The third-order valence-corrected chi connectivity index (χ3v) is 1.92. The fourth-order valence-electron chi connectivity index (χ4n) is 1.05. The molecule has 0 fully saturated rings. The van der Waals surface area contributed by atoms with Crippen molar-refractivity contribution in [3.63, 3.8) is 0 Å². The monoisotopic (exact) mass is 200 g/mol. The molecule has 0 amide bonds. The minimum absolute atomic E-state index is 0.126. The van der Waals surface area contributed by atoms with E-state index in [0.717, 1.165) is 4.57 Å². The summed E-state index contributed by atoms with van der Waals surface area (Å²) in [6.07, 6.45) is 0. The molecule has 0 atom stereocenters. The van der Waals surface area contributed by atoms with Crippen molar-refractivity contribution in [2.75, 3.05) is 13.7 Å². The van der Waals surface area contributed by atoms with Gasteiger partial charge in [0.2, 0.25) is 5.88 Å².